The molecule has 0 aliphatic rings. The van der Waals surface area contributed by atoms with Crippen molar-refractivity contribution in [1.82, 2.24) is 0 Å². The molecule has 3 N–H and O–H groups in total. The lowest BCUT2D eigenvalue weighted by atomic mass is 10.1. The maximum absolute atomic E-state index is 12.7. The molecule has 9 nitrogen and oxygen atoms in total. The van der Waals surface area contributed by atoms with E-state index < -0.39 is 39.2 Å². The van der Waals surface area contributed by atoms with E-state index in [1.54, 1.807) is 0 Å². The number of aliphatic hydroxyl groups is 2. The molecular weight excluding hydrogens is 800 g/mol. The standard InChI is InChI=1S/C52H91O9P/c1-3-5-7-9-11-13-15-17-19-21-23-25-26-28-30-32-34-36-38-40-42-44-52(55)61-51(49-60-62(56,57)59-47-50(54)46-53)48-58-45-43-41-39-37-35-33-31-29-27-24-22-20-18-16-14-12-10-8-6-4-2/h5,7,11-14,17-20,23-25,27,50-51,53-54H,3-4,6,8-10,15-16,21-22,26,28-49H2,1-2H3,(H,56,57)/b7-5-,13-11-,14-12-,19-17-,20-18-,25-23-,27-24-. The van der Waals surface area contributed by atoms with Crippen molar-refractivity contribution in [3.63, 3.8) is 0 Å². The average Bonchev–Trinajstić information content (AvgIpc) is 3.26. The van der Waals surface area contributed by atoms with Gasteiger partial charge in [-0.25, -0.2) is 4.57 Å². The number of rotatable bonds is 46. The first-order valence-corrected chi connectivity index (χ1v) is 26.1. The van der Waals surface area contributed by atoms with Crippen molar-refractivity contribution >= 4 is 13.8 Å². The van der Waals surface area contributed by atoms with Gasteiger partial charge in [0.25, 0.3) is 0 Å². The Morgan fingerprint density at radius 1 is 0.516 bits per heavy atom. The number of ether oxygens (including phenoxy) is 2. The average molecular weight is 891 g/mol. The fourth-order valence-corrected chi connectivity index (χ4v) is 7.14. The summed E-state index contributed by atoms with van der Waals surface area (Å²) in [7, 11) is -4.53. The smallest absolute Gasteiger partial charge is 0.457 e. The third-order valence-electron chi connectivity index (χ3n) is 10.1. The fourth-order valence-electron chi connectivity index (χ4n) is 6.35. The second-order valence-electron chi connectivity index (χ2n) is 16.1. The number of esters is 1. The molecule has 0 spiro atoms. The molecule has 0 saturated carbocycles. The first-order valence-electron chi connectivity index (χ1n) is 24.6. The van der Waals surface area contributed by atoms with Gasteiger partial charge in [0.15, 0.2) is 0 Å². The Labute approximate surface area is 379 Å². The van der Waals surface area contributed by atoms with Gasteiger partial charge < -0.3 is 24.6 Å². The van der Waals surface area contributed by atoms with E-state index in [0.29, 0.717) is 13.0 Å². The van der Waals surface area contributed by atoms with E-state index in [9.17, 15) is 19.4 Å². The Balaban J connectivity index is 4.16. The first-order chi connectivity index (χ1) is 30.3. The summed E-state index contributed by atoms with van der Waals surface area (Å²) >= 11 is 0. The molecule has 10 heteroatoms. The zero-order valence-corrected chi connectivity index (χ0v) is 40.2. The summed E-state index contributed by atoms with van der Waals surface area (Å²) in [6.45, 7) is 3.34. The molecule has 0 aliphatic heterocycles. The molecule has 0 aromatic rings. The Morgan fingerprint density at radius 3 is 1.39 bits per heavy atom. The quantitative estimate of drug-likeness (QED) is 0.0236. The van der Waals surface area contributed by atoms with Gasteiger partial charge in [-0.2, -0.15) is 0 Å². The molecule has 0 bridgehead atoms. The summed E-state index contributed by atoms with van der Waals surface area (Å²) in [5.74, 6) is -0.397. The van der Waals surface area contributed by atoms with Crippen molar-refractivity contribution in [3.8, 4) is 0 Å². The van der Waals surface area contributed by atoms with Crippen LogP contribution < -0.4 is 0 Å². The summed E-state index contributed by atoms with van der Waals surface area (Å²) in [4.78, 5) is 22.7. The van der Waals surface area contributed by atoms with Crippen LogP contribution in [-0.2, 0) is 27.9 Å². The van der Waals surface area contributed by atoms with Crippen LogP contribution in [0.5, 0.6) is 0 Å². The SMILES string of the molecule is CC/C=C\C/C=C\C/C=C\C/C=C\CCCCCCCCCCC(=O)OC(COCCCCCCCCC/C=C\C/C=C\C/C=C\CCCCC)COP(=O)(O)OCC(O)CO. The van der Waals surface area contributed by atoms with E-state index >= 15 is 0 Å². The Bertz CT molecular complexity index is 1240. The van der Waals surface area contributed by atoms with Gasteiger partial charge in [0.05, 0.1) is 26.4 Å². The van der Waals surface area contributed by atoms with Gasteiger partial charge in [0.1, 0.15) is 12.2 Å². The van der Waals surface area contributed by atoms with E-state index in [1.165, 1.54) is 77.0 Å². The van der Waals surface area contributed by atoms with Gasteiger partial charge in [-0.15, -0.1) is 0 Å². The number of hydrogen-bond acceptors (Lipinski definition) is 8. The van der Waals surface area contributed by atoms with E-state index in [1.807, 2.05) is 0 Å². The van der Waals surface area contributed by atoms with Crippen molar-refractivity contribution in [3.05, 3.63) is 85.1 Å². The maximum Gasteiger partial charge on any atom is 0.472 e. The number of allylic oxidation sites excluding steroid dienone is 14. The Kier molecular flexibility index (Phi) is 46.3. The molecule has 0 radical (unpaired) electrons. The zero-order valence-electron chi connectivity index (χ0n) is 39.3. The molecule has 3 unspecified atom stereocenters. The minimum absolute atomic E-state index is 0.0345. The van der Waals surface area contributed by atoms with Gasteiger partial charge in [0, 0.05) is 13.0 Å². The molecule has 0 rings (SSSR count). The van der Waals surface area contributed by atoms with Crippen LogP contribution in [0.15, 0.2) is 85.1 Å². The highest BCUT2D eigenvalue weighted by atomic mass is 31.2. The summed E-state index contributed by atoms with van der Waals surface area (Å²) in [5.41, 5.74) is 0. The van der Waals surface area contributed by atoms with Crippen LogP contribution >= 0.6 is 7.82 Å². The van der Waals surface area contributed by atoms with E-state index in [2.05, 4.69) is 98.9 Å². The molecule has 0 saturated heterocycles. The summed E-state index contributed by atoms with van der Waals surface area (Å²) in [5, 5.41) is 18.4. The lowest BCUT2D eigenvalue weighted by molar-refractivity contribution is -0.154. The molecular formula is C52H91O9P. The molecule has 0 heterocycles. The van der Waals surface area contributed by atoms with Crippen LogP contribution in [0.4, 0.5) is 0 Å². The molecule has 358 valence electrons. The van der Waals surface area contributed by atoms with E-state index in [4.69, 9.17) is 23.6 Å². The van der Waals surface area contributed by atoms with Gasteiger partial charge >= 0.3 is 13.8 Å². The predicted octanol–water partition coefficient (Wildman–Crippen LogP) is 14.3. The van der Waals surface area contributed by atoms with Crippen LogP contribution in [-0.4, -0.2) is 66.3 Å². The highest BCUT2D eigenvalue weighted by molar-refractivity contribution is 7.47. The molecule has 0 aromatic carbocycles. The molecule has 0 aliphatic carbocycles. The van der Waals surface area contributed by atoms with Crippen LogP contribution in [0.2, 0.25) is 0 Å². The highest BCUT2D eigenvalue weighted by Crippen LogP contribution is 2.43. The third kappa shape index (κ3) is 47.1. The first kappa shape index (κ1) is 59.6. The minimum atomic E-state index is -4.53. The van der Waals surface area contributed by atoms with Gasteiger partial charge in [-0.05, 0) is 89.9 Å². The second kappa shape index (κ2) is 48.1. The van der Waals surface area contributed by atoms with Gasteiger partial charge in [-0.3, -0.25) is 13.8 Å². The van der Waals surface area contributed by atoms with Gasteiger partial charge in [0.2, 0.25) is 0 Å². The summed E-state index contributed by atoms with van der Waals surface area (Å²) < 4.78 is 33.5. The van der Waals surface area contributed by atoms with E-state index in [-0.39, 0.29) is 19.6 Å². The number of phosphoric acid groups is 1. The second-order valence-corrected chi connectivity index (χ2v) is 17.5. The predicted molar refractivity (Wildman–Crippen MR) is 260 cm³/mol. The summed E-state index contributed by atoms with van der Waals surface area (Å²) in [6.07, 6.45) is 59.7. The molecule has 3 atom stereocenters. The minimum Gasteiger partial charge on any atom is -0.457 e. The highest BCUT2D eigenvalue weighted by Gasteiger charge is 2.26. The number of phosphoric ester groups is 1. The van der Waals surface area contributed by atoms with Crippen molar-refractivity contribution in [2.45, 2.75) is 206 Å². The van der Waals surface area contributed by atoms with Crippen LogP contribution in [0.25, 0.3) is 0 Å². The third-order valence-corrected chi connectivity index (χ3v) is 11.0. The summed E-state index contributed by atoms with van der Waals surface area (Å²) in [6, 6.07) is 0. The molecule has 0 amide bonds. The van der Waals surface area contributed by atoms with Crippen molar-refractivity contribution < 1.29 is 43.0 Å². The number of carbonyl (C=O) groups excluding carboxylic acids is 1. The largest absolute Gasteiger partial charge is 0.472 e. The Hall–Kier alpha value is -2.36. The number of carbonyl (C=O) groups is 1. The van der Waals surface area contributed by atoms with Crippen LogP contribution in [0.1, 0.15) is 194 Å². The lowest BCUT2D eigenvalue weighted by Gasteiger charge is -2.20. The number of hydrogen-bond donors (Lipinski definition) is 3. The number of unbranched alkanes of at least 4 members (excludes halogenated alkanes) is 18. The van der Waals surface area contributed by atoms with Crippen LogP contribution in [0.3, 0.4) is 0 Å². The van der Waals surface area contributed by atoms with E-state index in [0.717, 1.165) is 89.9 Å². The lowest BCUT2D eigenvalue weighted by Crippen LogP contribution is -2.29. The topological polar surface area (TPSA) is 132 Å². The molecule has 0 fully saturated rings. The zero-order chi connectivity index (χ0) is 45.3. The number of aliphatic hydroxyl groups excluding tert-OH is 2. The van der Waals surface area contributed by atoms with Crippen molar-refractivity contribution in [2.24, 2.45) is 0 Å². The molecule has 0 aromatic heterocycles. The monoisotopic (exact) mass is 891 g/mol. The molecule has 62 heavy (non-hydrogen) atoms. The van der Waals surface area contributed by atoms with Gasteiger partial charge in [-0.1, -0.05) is 182 Å². The Morgan fingerprint density at radius 2 is 0.919 bits per heavy atom. The maximum atomic E-state index is 12.7. The van der Waals surface area contributed by atoms with Crippen LogP contribution in [0, 0.1) is 0 Å². The van der Waals surface area contributed by atoms with Crippen molar-refractivity contribution in [2.75, 3.05) is 33.0 Å². The van der Waals surface area contributed by atoms with Crippen molar-refractivity contribution in [1.29, 1.82) is 0 Å². The fraction of sp³-hybridized carbons (Fsp3) is 0.712. The normalized spacial score (nSPS) is 14.6.